The van der Waals surface area contributed by atoms with Crippen molar-refractivity contribution in [1.82, 2.24) is 4.98 Å². The first-order valence-corrected chi connectivity index (χ1v) is 9.61. The highest BCUT2D eigenvalue weighted by Crippen LogP contribution is 2.35. The van der Waals surface area contributed by atoms with Gasteiger partial charge >= 0.3 is 5.97 Å². The summed E-state index contributed by atoms with van der Waals surface area (Å²) < 4.78 is 24.6. The fourth-order valence-corrected chi connectivity index (χ4v) is 3.48. The molecule has 154 valence electrons. The van der Waals surface area contributed by atoms with Crippen LogP contribution >= 0.6 is 11.6 Å². The number of aromatic nitrogens is 1. The van der Waals surface area contributed by atoms with Crippen LogP contribution in [0.4, 0.5) is 11.4 Å². The van der Waals surface area contributed by atoms with Crippen LogP contribution in [-0.2, 0) is 11.3 Å². The number of pyridine rings is 1. The van der Waals surface area contributed by atoms with Crippen LogP contribution in [0.1, 0.15) is 20.7 Å². The van der Waals surface area contributed by atoms with Crippen LogP contribution < -0.4 is 10.0 Å². The highest BCUT2D eigenvalue weighted by molar-refractivity contribution is 7.81. The van der Waals surface area contributed by atoms with Gasteiger partial charge in [-0.05, 0) is 35.9 Å². The summed E-state index contributed by atoms with van der Waals surface area (Å²) in [4.78, 5) is 26.3. The molecule has 0 aliphatic rings. The van der Waals surface area contributed by atoms with Crippen LogP contribution in [0.3, 0.4) is 0 Å². The van der Waals surface area contributed by atoms with Gasteiger partial charge in [-0.25, -0.2) is 9.78 Å². The first kappa shape index (κ1) is 21.2. The lowest BCUT2D eigenvalue weighted by atomic mass is 10.0. The molecule has 30 heavy (non-hydrogen) atoms. The van der Waals surface area contributed by atoms with Gasteiger partial charge in [-0.3, -0.25) is 13.3 Å². The van der Waals surface area contributed by atoms with Crippen molar-refractivity contribution in [1.29, 1.82) is 0 Å². The number of carboxylic acids is 1. The molecule has 3 rings (SSSR count). The first-order valence-electron chi connectivity index (χ1n) is 8.20. The Hall–Kier alpha value is -3.47. The summed E-state index contributed by atoms with van der Waals surface area (Å²) in [5.74, 6) is -2.56. The predicted octanol–water partition coefficient (Wildman–Crippen LogP) is 2.84. The van der Waals surface area contributed by atoms with Gasteiger partial charge in [0.15, 0.2) is 0 Å². The summed E-state index contributed by atoms with van der Waals surface area (Å²) >= 11 is 3.33. The second-order valence-electron chi connectivity index (χ2n) is 5.99. The molecule has 1 amide bonds. The monoisotopic (exact) mass is 446 g/mol. The number of hydrogen-bond donors (Lipinski definition) is 3. The number of anilines is 2. The van der Waals surface area contributed by atoms with Gasteiger partial charge in [-0.1, -0.05) is 23.7 Å². The normalized spacial score (nSPS) is 11.7. The van der Waals surface area contributed by atoms with Gasteiger partial charge in [-0.15, -0.1) is 0 Å². The molecule has 1 unspecified atom stereocenters. The zero-order chi connectivity index (χ0) is 22.0. The number of carbonyl (C=O) groups is 2. The number of primary amides is 1. The van der Waals surface area contributed by atoms with Crippen LogP contribution in [0.2, 0.25) is 5.15 Å². The molecule has 1 heterocycles. The molecule has 0 aliphatic carbocycles. The van der Waals surface area contributed by atoms with E-state index < -0.39 is 28.9 Å². The van der Waals surface area contributed by atoms with Crippen LogP contribution in [0.25, 0.3) is 11.1 Å². The molecule has 0 saturated heterocycles. The molecular weight excluding hydrogens is 434 g/mol. The van der Waals surface area contributed by atoms with Gasteiger partial charge in [0.25, 0.3) is 0 Å². The third kappa shape index (κ3) is 4.25. The van der Waals surface area contributed by atoms with Gasteiger partial charge in [0, 0.05) is 17.2 Å². The van der Waals surface area contributed by atoms with Gasteiger partial charge < -0.3 is 20.5 Å². The third-order valence-corrected chi connectivity index (χ3v) is 5.16. The van der Waals surface area contributed by atoms with Crippen molar-refractivity contribution in [2.24, 2.45) is 5.73 Å². The smallest absolute Gasteiger partial charge is 0.339 e. The number of nitrogens with zero attached hydrogens (tertiary/aromatic N) is 2. The summed E-state index contributed by atoms with van der Waals surface area (Å²) in [6.45, 7) is 0. The standard InChI is InChI=1S/C19H14ClN3O6S/c20-17-15(10-1-3-11(4-2-10)18(21)25)7-13(9-22-17)23(30(28)29)12-5-6-14(19(26)27)16(24)8-12/h1-9,24H,(H2,21,25)(H,26,27)(H,28,29)/p-1. The highest BCUT2D eigenvalue weighted by atomic mass is 35.5. The van der Waals surface area contributed by atoms with E-state index in [1.807, 2.05) is 0 Å². The lowest BCUT2D eigenvalue weighted by Gasteiger charge is -2.27. The molecule has 0 saturated carbocycles. The Bertz CT molecular complexity index is 1170. The van der Waals surface area contributed by atoms with Crippen molar-refractivity contribution >= 4 is 46.1 Å². The number of hydrogen-bond acceptors (Lipinski definition) is 6. The number of phenols is 1. The molecule has 1 atom stereocenters. The largest absolute Gasteiger partial charge is 0.755 e. The molecular formula is C19H13ClN3O6S-. The highest BCUT2D eigenvalue weighted by Gasteiger charge is 2.18. The number of halogens is 1. The SMILES string of the molecule is NC(=O)c1ccc(-c2cc(N(c3ccc(C(=O)O)c(O)c3)S(=O)[O-])cnc2Cl)cc1. The zero-order valence-electron chi connectivity index (χ0n) is 15.0. The minimum absolute atomic E-state index is 0.00928. The van der Waals surface area contributed by atoms with E-state index in [0.717, 1.165) is 16.4 Å². The third-order valence-electron chi connectivity index (χ3n) is 4.13. The Balaban J connectivity index is 2.07. The summed E-state index contributed by atoms with van der Waals surface area (Å²) in [7, 11) is 0. The summed E-state index contributed by atoms with van der Waals surface area (Å²) in [6, 6.07) is 10.9. The first-order chi connectivity index (χ1) is 14.2. The van der Waals surface area contributed by atoms with Crippen molar-refractivity contribution in [2.75, 3.05) is 4.31 Å². The number of rotatable bonds is 6. The number of aromatic carboxylic acids is 1. The molecule has 11 heteroatoms. The number of carbonyl (C=O) groups excluding carboxylic acids is 1. The van der Waals surface area contributed by atoms with E-state index >= 15 is 0 Å². The van der Waals surface area contributed by atoms with Gasteiger partial charge in [0.2, 0.25) is 5.91 Å². The Morgan fingerprint density at radius 2 is 1.77 bits per heavy atom. The van der Waals surface area contributed by atoms with E-state index in [0.29, 0.717) is 11.1 Å². The lowest BCUT2D eigenvalue weighted by Crippen LogP contribution is -2.20. The average Bonchev–Trinajstić information content (AvgIpc) is 2.69. The van der Waals surface area contributed by atoms with Gasteiger partial charge in [0.1, 0.15) is 16.5 Å². The minimum atomic E-state index is -2.83. The van der Waals surface area contributed by atoms with Gasteiger partial charge in [0.05, 0.1) is 28.8 Å². The van der Waals surface area contributed by atoms with Gasteiger partial charge in [-0.2, -0.15) is 0 Å². The molecule has 0 bridgehead atoms. The molecule has 0 fully saturated rings. The fraction of sp³-hybridized carbons (Fsp3) is 0. The van der Waals surface area contributed by atoms with Crippen molar-refractivity contribution in [3.63, 3.8) is 0 Å². The number of benzene rings is 2. The summed E-state index contributed by atoms with van der Waals surface area (Å²) in [5, 5.41) is 19.0. The Kier molecular flexibility index (Phi) is 6.01. The van der Waals surface area contributed by atoms with E-state index in [1.165, 1.54) is 30.5 Å². The summed E-state index contributed by atoms with van der Waals surface area (Å²) in [5.41, 5.74) is 6.15. The van der Waals surface area contributed by atoms with Crippen LogP contribution in [0, 0.1) is 0 Å². The summed E-state index contributed by atoms with van der Waals surface area (Å²) in [6.07, 6.45) is 1.21. The molecule has 4 N–H and O–H groups in total. The van der Waals surface area contributed by atoms with E-state index in [4.69, 9.17) is 22.4 Å². The topological polar surface area (TPSA) is 157 Å². The van der Waals surface area contributed by atoms with Crippen LogP contribution in [-0.4, -0.2) is 35.8 Å². The fourth-order valence-electron chi connectivity index (χ4n) is 2.71. The Morgan fingerprint density at radius 1 is 1.10 bits per heavy atom. The van der Waals surface area contributed by atoms with Crippen molar-refractivity contribution < 1.29 is 28.6 Å². The number of aromatic hydroxyl groups is 1. The average molecular weight is 447 g/mol. The maximum absolute atomic E-state index is 11.9. The number of nitrogens with two attached hydrogens (primary N) is 1. The maximum Gasteiger partial charge on any atom is 0.339 e. The van der Waals surface area contributed by atoms with E-state index in [1.54, 1.807) is 12.1 Å². The van der Waals surface area contributed by atoms with Crippen molar-refractivity contribution in [2.45, 2.75) is 0 Å². The van der Waals surface area contributed by atoms with Crippen LogP contribution in [0.5, 0.6) is 5.75 Å². The van der Waals surface area contributed by atoms with Crippen molar-refractivity contribution in [3.8, 4) is 16.9 Å². The quantitative estimate of drug-likeness (QED) is 0.388. The zero-order valence-corrected chi connectivity index (χ0v) is 16.6. The molecule has 0 spiro atoms. The van der Waals surface area contributed by atoms with Crippen molar-refractivity contribution in [3.05, 3.63) is 71.0 Å². The van der Waals surface area contributed by atoms with E-state index in [9.17, 15) is 23.5 Å². The van der Waals surface area contributed by atoms with E-state index in [2.05, 4.69) is 4.98 Å². The second-order valence-corrected chi connectivity index (χ2v) is 7.15. The van der Waals surface area contributed by atoms with Crippen LogP contribution in [0.15, 0.2) is 54.7 Å². The second kappa shape index (κ2) is 8.49. The lowest BCUT2D eigenvalue weighted by molar-refractivity contribution is 0.0693. The maximum atomic E-state index is 11.9. The molecule has 3 aromatic rings. The number of amides is 1. The van der Waals surface area contributed by atoms with E-state index in [-0.39, 0.29) is 27.7 Å². The molecule has 9 nitrogen and oxygen atoms in total. The molecule has 0 radical (unpaired) electrons. The Labute approximate surface area is 177 Å². The molecule has 2 aromatic carbocycles. The predicted molar refractivity (Wildman–Crippen MR) is 109 cm³/mol. The molecule has 1 aromatic heterocycles. The Morgan fingerprint density at radius 3 is 2.30 bits per heavy atom. The minimum Gasteiger partial charge on any atom is -0.755 e. The number of carboxylic acid groups (broad SMARTS) is 1. The molecule has 0 aliphatic heterocycles.